The van der Waals surface area contributed by atoms with Crippen molar-refractivity contribution in [3.8, 4) is 0 Å². The quantitative estimate of drug-likeness (QED) is 0.633. The summed E-state index contributed by atoms with van der Waals surface area (Å²) in [6.45, 7) is 7.48. The van der Waals surface area contributed by atoms with Gasteiger partial charge in [-0.1, -0.05) is 26.2 Å². The highest BCUT2D eigenvalue weighted by Crippen LogP contribution is 2.44. The molecule has 1 unspecified atom stereocenters. The van der Waals surface area contributed by atoms with Crippen LogP contribution in [0.5, 0.6) is 0 Å². The molecule has 0 radical (unpaired) electrons. The molecule has 1 saturated carbocycles. The fourth-order valence-corrected chi connectivity index (χ4v) is 3.00. The Morgan fingerprint density at radius 1 is 1.15 bits per heavy atom. The first-order valence-electron chi connectivity index (χ1n) is 6.00. The first kappa shape index (κ1) is 9.51. The molecule has 2 rings (SSSR count). The van der Waals surface area contributed by atoms with Crippen molar-refractivity contribution in [2.24, 2.45) is 5.41 Å². The van der Waals surface area contributed by atoms with Crippen LogP contribution in [0.2, 0.25) is 0 Å². The van der Waals surface area contributed by atoms with Crippen molar-refractivity contribution in [2.45, 2.75) is 58.4 Å². The van der Waals surface area contributed by atoms with Gasteiger partial charge in [0.25, 0.3) is 0 Å². The Kier molecular flexibility index (Phi) is 2.64. The molecule has 1 saturated heterocycles. The summed E-state index contributed by atoms with van der Waals surface area (Å²) in [5.41, 5.74) is 0.779. The van der Waals surface area contributed by atoms with Gasteiger partial charge < -0.3 is 0 Å². The molecule has 1 spiro atoms. The predicted octanol–water partition coefficient (Wildman–Crippen LogP) is 3.05. The minimum absolute atomic E-state index is 0.779. The van der Waals surface area contributed by atoms with Crippen molar-refractivity contribution in [1.82, 2.24) is 4.90 Å². The molecule has 0 N–H and O–H groups in total. The lowest BCUT2D eigenvalue weighted by Gasteiger charge is -2.54. The van der Waals surface area contributed by atoms with Crippen LogP contribution in [0, 0.1) is 5.41 Å². The molecule has 0 bridgehead atoms. The Bertz CT molecular complexity index is 162. The molecule has 1 heteroatoms. The van der Waals surface area contributed by atoms with Gasteiger partial charge in [-0.15, -0.1) is 0 Å². The zero-order valence-electron chi connectivity index (χ0n) is 9.18. The molecule has 1 atom stereocenters. The number of nitrogens with zero attached hydrogens (tertiary/aromatic N) is 1. The Hall–Kier alpha value is -0.0400. The van der Waals surface area contributed by atoms with Crippen LogP contribution in [0.15, 0.2) is 0 Å². The fourth-order valence-electron chi connectivity index (χ4n) is 3.00. The van der Waals surface area contributed by atoms with Gasteiger partial charge in [-0.05, 0) is 31.6 Å². The molecule has 0 aromatic heterocycles. The van der Waals surface area contributed by atoms with Crippen LogP contribution in [0.4, 0.5) is 0 Å². The minimum atomic E-state index is 0.779. The maximum Gasteiger partial charge on any atom is 0.00647 e. The summed E-state index contributed by atoms with van der Waals surface area (Å²) in [5.74, 6) is 0. The molecule has 0 amide bonds. The number of rotatable bonds is 2. The van der Waals surface area contributed by atoms with E-state index in [-0.39, 0.29) is 0 Å². The molecule has 13 heavy (non-hydrogen) atoms. The van der Waals surface area contributed by atoms with E-state index in [9.17, 15) is 0 Å². The van der Waals surface area contributed by atoms with Gasteiger partial charge in [0.2, 0.25) is 0 Å². The standard InChI is InChI=1S/C12H23N/c1-3-11(2)13-9-12(10-13)7-5-4-6-8-12/h11H,3-10H2,1-2H3. The smallest absolute Gasteiger partial charge is 0.00647 e. The molecule has 1 aliphatic carbocycles. The van der Waals surface area contributed by atoms with E-state index in [2.05, 4.69) is 18.7 Å². The highest BCUT2D eigenvalue weighted by atomic mass is 15.2. The average molecular weight is 181 g/mol. The summed E-state index contributed by atoms with van der Waals surface area (Å²) in [6.07, 6.45) is 8.82. The van der Waals surface area contributed by atoms with Crippen LogP contribution in [-0.2, 0) is 0 Å². The summed E-state index contributed by atoms with van der Waals surface area (Å²) in [6, 6.07) is 0.826. The Morgan fingerprint density at radius 3 is 2.31 bits per heavy atom. The van der Waals surface area contributed by atoms with Crippen molar-refractivity contribution in [1.29, 1.82) is 0 Å². The van der Waals surface area contributed by atoms with Crippen molar-refractivity contribution in [3.63, 3.8) is 0 Å². The van der Waals surface area contributed by atoms with Gasteiger partial charge in [-0.2, -0.15) is 0 Å². The molecular formula is C12H23N. The third kappa shape index (κ3) is 1.76. The van der Waals surface area contributed by atoms with Gasteiger partial charge in [0.1, 0.15) is 0 Å². The largest absolute Gasteiger partial charge is 0.299 e. The summed E-state index contributed by atoms with van der Waals surface area (Å²) < 4.78 is 0. The van der Waals surface area contributed by atoms with E-state index in [0.29, 0.717) is 0 Å². The van der Waals surface area contributed by atoms with Crippen molar-refractivity contribution < 1.29 is 0 Å². The molecule has 0 aromatic rings. The number of hydrogen-bond donors (Lipinski definition) is 0. The molecule has 2 fully saturated rings. The Balaban J connectivity index is 1.81. The molecule has 2 aliphatic rings. The van der Waals surface area contributed by atoms with Gasteiger partial charge in [0, 0.05) is 19.1 Å². The topological polar surface area (TPSA) is 3.24 Å². The molecule has 1 aliphatic heterocycles. The zero-order chi connectivity index (χ0) is 9.31. The van der Waals surface area contributed by atoms with Gasteiger partial charge in [0.15, 0.2) is 0 Å². The molecular weight excluding hydrogens is 158 g/mol. The van der Waals surface area contributed by atoms with E-state index in [1.165, 1.54) is 51.6 Å². The fraction of sp³-hybridized carbons (Fsp3) is 1.00. The number of hydrogen-bond acceptors (Lipinski definition) is 1. The van der Waals surface area contributed by atoms with Crippen LogP contribution in [0.1, 0.15) is 52.4 Å². The first-order chi connectivity index (χ1) is 6.26. The monoisotopic (exact) mass is 181 g/mol. The van der Waals surface area contributed by atoms with E-state index in [1.807, 2.05) is 0 Å². The van der Waals surface area contributed by atoms with E-state index < -0.39 is 0 Å². The second-order valence-corrected chi connectivity index (χ2v) is 5.22. The second-order valence-electron chi connectivity index (χ2n) is 5.22. The third-order valence-corrected chi connectivity index (χ3v) is 4.21. The first-order valence-corrected chi connectivity index (χ1v) is 6.00. The summed E-state index contributed by atoms with van der Waals surface area (Å²) >= 11 is 0. The Labute approximate surface area is 82.5 Å². The maximum absolute atomic E-state index is 2.67. The highest BCUT2D eigenvalue weighted by molar-refractivity contribution is 4.97. The summed E-state index contributed by atoms with van der Waals surface area (Å²) in [4.78, 5) is 2.67. The van der Waals surface area contributed by atoms with E-state index in [0.717, 1.165) is 11.5 Å². The van der Waals surface area contributed by atoms with Crippen LogP contribution in [0.25, 0.3) is 0 Å². The molecule has 1 nitrogen and oxygen atoms in total. The van der Waals surface area contributed by atoms with Gasteiger partial charge in [0.05, 0.1) is 0 Å². The van der Waals surface area contributed by atoms with E-state index in [1.54, 1.807) is 0 Å². The van der Waals surface area contributed by atoms with Crippen LogP contribution < -0.4 is 0 Å². The van der Waals surface area contributed by atoms with Crippen molar-refractivity contribution in [2.75, 3.05) is 13.1 Å². The average Bonchev–Trinajstić information content (AvgIpc) is 2.14. The highest BCUT2D eigenvalue weighted by Gasteiger charge is 2.44. The van der Waals surface area contributed by atoms with Gasteiger partial charge in [-0.3, -0.25) is 4.90 Å². The van der Waals surface area contributed by atoms with Crippen molar-refractivity contribution >= 4 is 0 Å². The lowest BCUT2D eigenvalue weighted by molar-refractivity contribution is -0.0513. The second kappa shape index (κ2) is 3.61. The summed E-state index contributed by atoms with van der Waals surface area (Å²) in [5, 5.41) is 0. The zero-order valence-corrected chi connectivity index (χ0v) is 9.18. The summed E-state index contributed by atoms with van der Waals surface area (Å²) in [7, 11) is 0. The van der Waals surface area contributed by atoms with Gasteiger partial charge in [-0.25, -0.2) is 0 Å². The normalized spacial score (nSPS) is 30.0. The van der Waals surface area contributed by atoms with Gasteiger partial charge >= 0.3 is 0 Å². The van der Waals surface area contributed by atoms with Crippen LogP contribution in [-0.4, -0.2) is 24.0 Å². The lowest BCUT2D eigenvalue weighted by Crippen LogP contribution is -2.59. The van der Waals surface area contributed by atoms with E-state index >= 15 is 0 Å². The molecule has 0 aromatic carbocycles. The Morgan fingerprint density at radius 2 is 1.77 bits per heavy atom. The third-order valence-electron chi connectivity index (χ3n) is 4.21. The minimum Gasteiger partial charge on any atom is -0.299 e. The van der Waals surface area contributed by atoms with Crippen LogP contribution >= 0.6 is 0 Å². The molecule has 1 heterocycles. The maximum atomic E-state index is 2.67. The lowest BCUT2D eigenvalue weighted by atomic mass is 9.68. The van der Waals surface area contributed by atoms with Crippen LogP contribution in [0.3, 0.4) is 0 Å². The van der Waals surface area contributed by atoms with Crippen molar-refractivity contribution in [3.05, 3.63) is 0 Å². The van der Waals surface area contributed by atoms with E-state index in [4.69, 9.17) is 0 Å². The molecule has 76 valence electrons. The SMILES string of the molecule is CCC(C)N1CC2(CCCCC2)C1. The predicted molar refractivity (Wildman–Crippen MR) is 56.8 cm³/mol. The number of likely N-dealkylation sites (tertiary alicyclic amines) is 1.